The lowest BCUT2D eigenvalue weighted by molar-refractivity contribution is -0.384. The van der Waals surface area contributed by atoms with Crippen LogP contribution in [0.15, 0.2) is 23.8 Å². The second-order valence-electron chi connectivity index (χ2n) is 3.34. The number of rotatable bonds is 4. The lowest BCUT2D eigenvalue weighted by Gasteiger charge is -2.04. The number of aromatic nitrogens is 2. The van der Waals surface area contributed by atoms with E-state index < -0.39 is 4.92 Å². The molecule has 0 aliphatic carbocycles. The molecule has 6 nitrogen and oxygen atoms in total. The highest BCUT2D eigenvalue weighted by Crippen LogP contribution is 2.22. The summed E-state index contributed by atoms with van der Waals surface area (Å²) < 4.78 is 0. The fraction of sp³-hybridized carbons (Fsp3) is 0.200. The zero-order chi connectivity index (χ0) is 12.3. The number of hydrogen-bond acceptors (Lipinski definition) is 6. The largest absolute Gasteiger partial charge is 0.359 e. The molecule has 2 aromatic rings. The van der Waals surface area contributed by atoms with Crippen LogP contribution in [0, 0.1) is 17.0 Å². The molecule has 0 saturated heterocycles. The summed E-state index contributed by atoms with van der Waals surface area (Å²) in [5, 5.41) is 13.7. The number of nitro groups is 1. The Bertz CT molecular complexity index is 541. The molecule has 0 aliphatic heterocycles. The molecule has 7 heteroatoms. The molecule has 2 heterocycles. The van der Waals surface area contributed by atoms with Crippen LogP contribution in [-0.2, 0) is 6.54 Å². The third kappa shape index (κ3) is 2.56. The predicted molar refractivity (Wildman–Crippen MR) is 65.1 cm³/mol. The Morgan fingerprint density at radius 3 is 3.00 bits per heavy atom. The van der Waals surface area contributed by atoms with E-state index in [4.69, 9.17) is 0 Å². The highest BCUT2D eigenvalue weighted by Gasteiger charge is 2.13. The Labute approximate surface area is 102 Å². The van der Waals surface area contributed by atoms with Crippen molar-refractivity contribution in [1.82, 2.24) is 9.97 Å². The fourth-order valence-electron chi connectivity index (χ4n) is 1.34. The topological polar surface area (TPSA) is 81.0 Å². The third-order valence-electron chi connectivity index (χ3n) is 2.24. The first kappa shape index (κ1) is 11.5. The van der Waals surface area contributed by atoms with Crippen LogP contribution < -0.4 is 5.32 Å². The van der Waals surface area contributed by atoms with Crippen molar-refractivity contribution in [3.05, 3.63) is 44.5 Å². The van der Waals surface area contributed by atoms with Gasteiger partial charge in [-0.05, 0) is 13.0 Å². The summed E-state index contributed by atoms with van der Waals surface area (Å²) >= 11 is 1.51. The molecule has 0 atom stereocenters. The first-order valence-corrected chi connectivity index (χ1v) is 5.78. The van der Waals surface area contributed by atoms with E-state index in [1.54, 1.807) is 11.6 Å². The summed E-state index contributed by atoms with van der Waals surface area (Å²) in [6.45, 7) is 2.40. The van der Waals surface area contributed by atoms with E-state index in [2.05, 4.69) is 15.3 Å². The normalized spacial score (nSPS) is 10.2. The summed E-state index contributed by atoms with van der Waals surface area (Å²) in [4.78, 5) is 19.4. The lowest BCUT2D eigenvalue weighted by Crippen LogP contribution is -2.04. The van der Waals surface area contributed by atoms with Gasteiger partial charge in [0, 0.05) is 17.1 Å². The van der Waals surface area contributed by atoms with Gasteiger partial charge >= 0.3 is 5.69 Å². The van der Waals surface area contributed by atoms with Crippen LogP contribution >= 0.6 is 11.3 Å². The number of nitrogens with one attached hydrogen (secondary N) is 1. The van der Waals surface area contributed by atoms with E-state index >= 15 is 0 Å². The Morgan fingerprint density at radius 1 is 1.53 bits per heavy atom. The first-order valence-electron chi connectivity index (χ1n) is 4.90. The number of aryl methyl sites for hydroxylation is 1. The van der Waals surface area contributed by atoms with Crippen LogP contribution in [0.2, 0.25) is 0 Å². The van der Waals surface area contributed by atoms with Crippen LogP contribution in [0.25, 0.3) is 0 Å². The molecule has 88 valence electrons. The summed E-state index contributed by atoms with van der Waals surface area (Å²) in [5.41, 5.74) is 2.66. The van der Waals surface area contributed by atoms with Crippen molar-refractivity contribution in [2.45, 2.75) is 13.5 Å². The second kappa shape index (κ2) is 4.88. The van der Waals surface area contributed by atoms with E-state index in [0.717, 1.165) is 10.6 Å². The van der Waals surface area contributed by atoms with Gasteiger partial charge in [0.05, 0.1) is 22.7 Å². The van der Waals surface area contributed by atoms with Gasteiger partial charge < -0.3 is 5.32 Å². The van der Waals surface area contributed by atoms with E-state index in [9.17, 15) is 10.1 Å². The average molecular weight is 250 g/mol. The van der Waals surface area contributed by atoms with Crippen LogP contribution in [0.1, 0.15) is 10.6 Å². The molecule has 0 saturated carbocycles. The standard InChI is InChI=1S/C10H10N4O2S/c1-7-9(17-6-13-7)5-12-10-8(14(15)16)3-2-4-11-10/h2-4,6H,5H2,1H3,(H,11,12). The van der Waals surface area contributed by atoms with Gasteiger partial charge in [0.2, 0.25) is 5.82 Å². The Morgan fingerprint density at radius 2 is 2.35 bits per heavy atom. The number of hydrogen-bond donors (Lipinski definition) is 1. The maximum Gasteiger partial charge on any atom is 0.311 e. The monoisotopic (exact) mass is 250 g/mol. The SMILES string of the molecule is Cc1ncsc1CNc1ncccc1[N+](=O)[O-]. The van der Waals surface area contributed by atoms with Crippen LogP contribution in [0.4, 0.5) is 11.5 Å². The molecular formula is C10H10N4O2S. The smallest absolute Gasteiger partial charge is 0.311 e. The summed E-state index contributed by atoms with van der Waals surface area (Å²) in [6.07, 6.45) is 1.52. The number of anilines is 1. The Kier molecular flexibility index (Phi) is 3.29. The minimum Gasteiger partial charge on any atom is -0.359 e. The van der Waals surface area contributed by atoms with E-state index in [1.807, 2.05) is 6.92 Å². The zero-order valence-corrected chi connectivity index (χ0v) is 9.90. The minimum atomic E-state index is -0.450. The van der Waals surface area contributed by atoms with Gasteiger partial charge in [-0.15, -0.1) is 11.3 Å². The van der Waals surface area contributed by atoms with Crippen molar-refractivity contribution < 1.29 is 4.92 Å². The molecule has 0 unspecified atom stereocenters. The molecule has 0 fully saturated rings. The quantitative estimate of drug-likeness (QED) is 0.665. The number of pyridine rings is 1. The second-order valence-corrected chi connectivity index (χ2v) is 4.28. The van der Waals surface area contributed by atoms with Gasteiger partial charge in [0.1, 0.15) is 0 Å². The average Bonchev–Trinajstić information content (AvgIpc) is 2.72. The van der Waals surface area contributed by atoms with Crippen LogP contribution in [-0.4, -0.2) is 14.9 Å². The summed E-state index contributed by atoms with van der Waals surface area (Å²) in [5.74, 6) is 0.283. The number of nitrogens with zero attached hydrogens (tertiary/aromatic N) is 3. The van der Waals surface area contributed by atoms with Gasteiger partial charge in [-0.2, -0.15) is 0 Å². The highest BCUT2D eigenvalue weighted by atomic mass is 32.1. The molecule has 2 aromatic heterocycles. The fourth-order valence-corrected chi connectivity index (χ4v) is 2.06. The molecule has 0 amide bonds. The molecular weight excluding hydrogens is 240 g/mol. The van der Waals surface area contributed by atoms with Crippen LogP contribution in [0.5, 0.6) is 0 Å². The Balaban J connectivity index is 2.14. The van der Waals surface area contributed by atoms with Crippen molar-refractivity contribution in [1.29, 1.82) is 0 Å². The molecule has 2 rings (SSSR count). The molecule has 17 heavy (non-hydrogen) atoms. The minimum absolute atomic E-state index is 0.0188. The van der Waals surface area contributed by atoms with Gasteiger partial charge in [0.25, 0.3) is 0 Å². The molecule has 0 aromatic carbocycles. The van der Waals surface area contributed by atoms with Crippen molar-refractivity contribution in [2.24, 2.45) is 0 Å². The van der Waals surface area contributed by atoms with Crippen molar-refractivity contribution in [2.75, 3.05) is 5.32 Å². The van der Waals surface area contributed by atoms with Crippen molar-refractivity contribution in [3.63, 3.8) is 0 Å². The van der Waals surface area contributed by atoms with Gasteiger partial charge in [0.15, 0.2) is 0 Å². The van der Waals surface area contributed by atoms with E-state index in [-0.39, 0.29) is 11.5 Å². The molecule has 0 spiro atoms. The Hall–Kier alpha value is -2.02. The first-order chi connectivity index (χ1) is 8.18. The third-order valence-corrected chi connectivity index (χ3v) is 3.18. The molecule has 0 radical (unpaired) electrons. The lowest BCUT2D eigenvalue weighted by atomic mass is 10.3. The zero-order valence-electron chi connectivity index (χ0n) is 9.08. The maximum atomic E-state index is 10.8. The van der Waals surface area contributed by atoms with Gasteiger partial charge in [-0.1, -0.05) is 0 Å². The molecule has 0 aliphatic rings. The maximum absolute atomic E-state index is 10.8. The van der Waals surface area contributed by atoms with E-state index in [1.165, 1.54) is 23.6 Å². The van der Waals surface area contributed by atoms with Gasteiger partial charge in [-0.25, -0.2) is 9.97 Å². The van der Waals surface area contributed by atoms with Gasteiger partial charge in [-0.3, -0.25) is 10.1 Å². The van der Waals surface area contributed by atoms with Crippen LogP contribution in [0.3, 0.4) is 0 Å². The summed E-state index contributed by atoms with van der Waals surface area (Å²) in [7, 11) is 0. The number of thiazole rings is 1. The highest BCUT2D eigenvalue weighted by molar-refractivity contribution is 7.09. The van der Waals surface area contributed by atoms with E-state index in [0.29, 0.717) is 6.54 Å². The van der Waals surface area contributed by atoms with Crippen molar-refractivity contribution in [3.8, 4) is 0 Å². The molecule has 1 N–H and O–H groups in total. The van der Waals surface area contributed by atoms with Crippen molar-refractivity contribution >= 4 is 22.8 Å². The predicted octanol–water partition coefficient (Wildman–Crippen LogP) is 2.37. The summed E-state index contributed by atoms with van der Waals surface area (Å²) in [6, 6.07) is 2.97. The molecule has 0 bridgehead atoms.